The van der Waals surface area contributed by atoms with Crippen LogP contribution >= 0.6 is 11.6 Å². The van der Waals surface area contributed by atoms with Gasteiger partial charge < -0.3 is 9.47 Å². The number of rotatable bonds is 3. The summed E-state index contributed by atoms with van der Waals surface area (Å²) in [5.74, 6) is -5.34. The number of halogens is 3. The Kier molecular flexibility index (Phi) is 3.62. The summed E-state index contributed by atoms with van der Waals surface area (Å²) in [7, 11) is 0. The predicted molar refractivity (Wildman–Crippen MR) is 48.9 cm³/mol. The van der Waals surface area contributed by atoms with Gasteiger partial charge in [0.15, 0.2) is 0 Å². The van der Waals surface area contributed by atoms with Crippen LogP contribution < -0.4 is 0 Å². The molecule has 7 heteroatoms. The van der Waals surface area contributed by atoms with Gasteiger partial charge in [-0.25, -0.2) is 9.79 Å². The fourth-order valence-corrected chi connectivity index (χ4v) is 0.972. The lowest BCUT2D eigenvalue weighted by atomic mass is 10.1. The van der Waals surface area contributed by atoms with Gasteiger partial charge in [0, 0.05) is 0 Å². The summed E-state index contributed by atoms with van der Waals surface area (Å²) >= 11 is 5.29. The summed E-state index contributed by atoms with van der Waals surface area (Å²) in [6.45, 7) is 0.936. The van der Waals surface area contributed by atoms with Gasteiger partial charge >= 0.3 is 11.9 Å². The van der Waals surface area contributed by atoms with E-state index >= 15 is 0 Å². The molecule has 0 unspecified atom stereocenters. The highest BCUT2D eigenvalue weighted by atomic mass is 35.5. The van der Waals surface area contributed by atoms with Crippen molar-refractivity contribution >= 4 is 22.9 Å². The quantitative estimate of drug-likeness (QED) is 0.704. The third-order valence-electron chi connectivity index (χ3n) is 1.61. The van der Waals surface area contributed by atoms with Gasteiger partial charge in [0.1, 0.15) is 6.26 Å². The highest BCUT2D eigenvalue weighted by Crippen LogP contribution is 2.28. The van der Waals surface area contributed by atoms with Crippen molar-refractivity contribution in [1.29, 1.82) is 0 Å². The Morgan fingerprint density at radius 2 is 2.47 bits per heavy atom. The number of alkyl halides is 2. The first-order chi connectivity index (χ1) is 6.98. The van der Waals surface area contributed by atoms with Gasteiger partial charge in [-0.05, 0) is 18.5 Å². The second-order valence-electron chi connectivity index (χ2n) is 2.62. The van der Waals surface area contributed by atoms with Gasteiger partial charge in [-0.3, -0.25) is 0 Å². The number of esters is 1. The number of ether oxygens (including phenoxy) is 2. The normalized spacial score (nSPS) is 16.3. The zero-order valence-electron chi connectivity index (χ0n) is 7.80. The van der Waals surface area contributed by atoms with Crippen LogP contribution in [0.1, 0.15) is 6.92 Å². The zero-order chi connectivity index (χ0) is 11.5. The third-order valence-corrected chi connectivity index (χ3v) is 1.82. The lowest BCUT2D eigenvalue weighted by Gasteiger charge is -2.18. The molecule has 0 aliphatic carbocycles. The Morgan fingerprint density at radius 3 is 2.93 bits per heavy atom. The highest BCUT2D eigenvalue weighted by Gasteiger charge is 2.45. The molecule has 0 saturated heterocycles. The Morgan fingerprint density at radius 1 is 1.80 bits per heavy atom. The topological polar surface area (TPSA) is 47.9 Å². The summed E-state index contributed by atoms with van der Waals surface area (Å²) in [5, 5.41) is -0.238. The summed E-state index contributed by atoms with van der Waals surface area (Å²) in [6, 6.07) is 0. The minimum Gasteiger partial charge on any atom is -0.461 e. The third kappa shape index (κ3) is 2.65. The van der Waals surface area contributed by atoms with Crippen LogP contribution in [0.2, 0.25) is 0 Å². The maximum Gasteiger partial charge on any atom is 0.381 e. The van der Waals surface area contributed by atoms with Crippen LogP contribution in [-0.4, -0.2) is 30.4 Å². The molecular formula is C8H8ClF2NO3. The average Bonchev–Trinajstić information content (AvgIpc) is 2.18. The smallest absolute Gasteiger partial charge is 0.381 e. The molecular weight excluding hydrogens is 232 g/mol. The summed E-state index contributed by atoms with van der Waals surface area (Å²) < 4.78 is 35.3. The van der Waals surface area contributed by atoms with Crippen LogP contribution in [0.3, 0.4) is 0 Å². The molecule has 0 aromatic rings. The molecule has 0 bridgehead atoms. The Labute approximate surface area is 89.5 Å². The zero-order valence-corrected chi connectivity index (χ0v) is 8.55. The summed E-state index contributed by atoms with van der Waals surface area (Å²) in [5.41, 5.74) is -0.578. The van der Waals surface area contributed by atoms with E-state index in [0.717, 1.165) is 0 Å². The molecule has 0 atom stereocenters. The predicted octanol–water partition coefficient (Wildman–Crippen LogP) is 1.69. The van der Waals surface area contributed by atoms with Crippen LogP contribution in [-0.2, 0) is 14.3 Å². The minimum absolute atomic E-state index is 0.118. The summed E-state index contributed by atoms with van der Waals surface area (Å²) in [4.78, 5) is 14.3. The Balaban J connectivity index is 2.74. The fraction of sp³-hybridized carbons (Fsp3) is 0.500. The molecule has 1 heterocycles. The molecule has 1 rings (SSSR count). The van der Waals surface area contributed by atoms with Crippen molar-refractivity contribution < 1.29 is 23.0 Å². The SMILES string of the molecule is CCOC(=O)C(F)(F)C1=COC(Cl)=NC1. The van der Waals surface area contributed by atoms with Crippen LogP contribution in [0.4, 0.5) is 8.78 Å². The average molecular weight is 240 g/mol. The molecule has 4 nitrogen and oxygen atoms in total. The molecule has 0 amide bonds. The van der Waals surface area contributed by atoms with E-state index in [1.54, 1.807) is 0 Å². The second-order valence-corrected chi connectivity index (χ2v) is 2.95. The second kappa shape index (κ2) is 4.57. The number of hydrogen-bond acceptors (Lipinski definition) is 4. The molecule has 15 heavy (non-hydrogen) atoms. The summed E-state index contributed by atoms with van der Waals surface area (Å²) in [6.07, 6.45) is 0.715. The maximum atomic E-state index is 13.3. The van der Waals surface area contributed by atoms with Crippen molar-refractivity contribution in [2.75, 3.05) is 13.2 Å². The molecule has 0 spiro atoms. The molecule has 1 aliphatic heterocycles. The van der Waals surface area contributed by atoms with Crippen molar-refractivity contribution in [2.24, 2.45) is 4.99 Å². The van der Waals surface area contributed by atoms with Crippen molar-refractivity contribution in [3.63, 3.8) is 0 Å². The molecule has 84 valence electrons. The van der Waals surface area contributed by atoms with E-state index < -0.39 is 17.5 Å². The Bertz CT molecular complexity index is 328. The number of nitrogens with zero attached hydrogens (tertiary/aromatic N) is 1. The lowest BCUT2D eigenvalue weighted by Crippen LogP contribution is -2.35. The monoisotopic (exact) mass is 239 g/mol. The first-order valence-corrected chi connectivity index (χ1v) is 4.47. The molecule has 0 N–H and O–H groups in total. The first-order valence-electron chi connectivity index (χ1n) is 4.09. The molecule has 0 saturated carbocycles. The van der Waals surface area contributed by atoms with Gasteiger partial charge in [-0.15, -0.1) is 0 Å². The molecule has 1 aliphatic rings. The fourth-order valence-electron chi connectivity index (χ4n) is 0.868. The van der Waals surface area contributed by atoms with Crippen molar-refractivity contribution in [2.45, 2.75) is 12.8 Å². The maximum absolute atomic E-state index is 13.3. The molecule has 0 aromatic heterocycles. The van der Waals surface area contributed by atoms with Crippen molar-refractivity contribution in [3.05, 3.63) is 11.8 Å². The van der Waals surface area contributed by atoms with Gasteiger partial charge in [-0.2, -0.15) is 8.78 Å². The van der Waals surface area contributed by atoms with E-state index in [1.165, 1.54) is 6.92 Å². The largest absolute Gasteiger partial charge is 0.461 e. The van der Waals surface area contributed by atoms with Crippen LogP contribution in [0.25, 0.3) is 0 Å². The van der Waals surface area contributed by atoms with E-state index in [-0.39, 0.29) is 18.5 Å². The first kappa shape index (κ1) is 11.9. The molecule has 0 fully saturated rings. The van der Waals surface area contributed by atoms with E-state index in [0.29, 0.717) is 6.26 Å². The van der Waals surface area contributed by atoms with E-state index in [2.05, 4.69) is 14.5 Å². The number of carbonyl (C=O) groups is 1. The number of hydrogen-bond donors (Lipinski definition) is 0. The van der Waals surface area contributed by atoms with Gasteiger partial charge in [0.05, 0.1) is 18.7 Å². The number of aliphatic imine (C=N–C) groups is 1. The van der Waals surface area contributed by atoms with Crippen LogP contribution in [0, 0.1) is 0 Å². The van der Waals surface area contributed by atoms with Crippen LogP contribution in [0.15, 0.2) is 16.8 Å². The van der Waals surface area contributed by atoms with Crippen molar-refractivity contribution in [3.8, 4) is 0 Å². The molecule has 0 aromatic carbocycles. The van der Waals surface area contributed by atoms with Gasteiger partial charge in [0.25, 0.3) is 5.36 Å². The van der Waals surface area contributed by atoms with Crippen molar-refractivity contribution in [1.82, 2.24) is 0 Å². The van der Waals surface area contributed by atoms with E-state index in [9.17, 15) is 13.6 Å². The Hall–Kier alpha value is -1.17. The minimum atomic E-state index is -3.73. The number of carbonyl (C=O) groups excluding carboxylic acids is 1. The van der Waals surface area contributed by atoms with Gasteiger partial charge in [0.2, 0.25) is 0 Å². The van der Waals surface area contributed by atoms with Crippen LogP contribution in [0.5, 0.6) is 0 Å². The van der Waals surface area contributed by atoms with E-state index in [1.807, 2.05) is 0 Å². The standard InChI is InChI=1S/C8H8ClF2NO3/c1-2-14-6(13)8(10,11)5-3-12-7(9)15-4-5/h4H,2-3H2,1H3. The highest BCUT2D eigenvalue weighted by molar-refractivity contribution is 6.63. The van der Waals surface area contributed by atoms with E-state index in [4.69, 9.17) is 11.6 Å². The van der Waals surface area contributed by atoms with Gasteiger partial charge in [-0.1, -0.05) is 0 Å². The lowest BCUT2D eigenvalue weighted by molar-refractivity contribution is -0.166. The molecule has 0 radical (unpaired) electrons.